The zero-order valence-corrected chi connectivity index (χ0v) is 8.67. The van der Waals surface area contributed by atoms with Gasteiger partial charge in [-0.3, -0.25) is 4.79 Å². The lowest BCUT2D eigenvalue weighted by Gasteiger charge is -2.10. The van der Waals surface area contributed by atoms with E-state index in [0.29, 0.717) is 0 Å². The SMILES string of the molecule is COC(=O)[C@@H](N)C[C@H](F)C(=O)OC.Cl. The Morgan fingerprint density at radius 3 is 2.07 bits per heavy atom. The molecule has 0 spiro atoms. The zero-order chi connectivity index (χ0) is 10.4. The summed E-state index contributed by atoms with van der Waals surface area (Å²) >= 11 is 0. The van der Waals surface area contributed by atoms with Crippen LogP contribution < -0.4 is 5.73 Å². The third kappa shape index (κ3) is 4.98. The van der Waals surface area contributed by atoms with Crippen LogP contribution >= 0.6 is 12.4 Å². The van der Waals surface area contributed by atoms with Gasteiger partial charge in [-0.25, -0.2) is 9.18 Å². The minimum atomic E-state index is -1.89. The van der Waals surface area contributed by atoms with E-state index in [1.54, 1.807) is 0 Å². The highest BCUT2D eigenvalue weighted by molar-refractivity contribution is 5.85. The van der Waals surface area contributed by atoms with Gasteiger partial charge in [-0.05, 0) is 0 Å². The lowest BCUT2D eigenvalue weighted by atomic mass is 10.1. The molecule has 0 amide bonds. The molecular formula is C7H13ClFNO4. The number of carbonyl (C=O) groups excluding carboxylic acids is 2. The quantitative estimate of drug-likeness (QED) is 0.676. The van der Waals surface area contributed by atoms with Gasteiger partial charge < -0.3 is 15.2 Å². The summed E-state index contributed by atoms with van der Waals surface area (Å²) in [5.41, 5.74) is 5.20. The highest BCUT2D eigenvalue weighted by atomic mass is 35.5. The first-order valence-corrected chi connectivity index (χ1v) is 3.58. The van der Waals surface area contributed by atoms with Gasteiger partial charge in [0, 0.05) is 6.42 Å². The molecule has 0 aliphatic carbocycles. The summed E-state index contributed by atoms with van der Waals surface area (Å²) in [6.45, 7) is 0. The van der Waals surface area contributed by atoms with Crippen molar-refractivity contribution in [1.82, 2.24) is 0 Å². The molecule has 0 radical (unpaired) electrons. The maximum Gasteiger partial charge on any atom is 0.340 e. The maximum absolute atomic E-state index is 12.8. The molecule has 0 heterocycles. The Balaban J connectivity index is 0. The Morgan fingerprint density at radius 2 is 1.71 bits per heavy atom. The maximum atomic E-state index is 12.8. The lowest BCUT2D eigenvalue weighted by molar-refractivity contribution is -0.148. The Hall–Kier alpha value is -0.880. The number of alkyl halides is 1. The monoisotopic (exact) mass is 229 g/mol. The molecule has 2 N–H and O–H groups in total. The van der Waals surface area contributed by atoms with Crippen molar-refractivity contribution in [2.75, 3.05) is 14.2 Å². The minimum absolute atomic E-state index is 0. The van der Waals surface area contributed by atoms with Crippen molar-refractivity contribution in [3.8, 4) is 0 Å². The zero-order valence-electron chi connectivity index (χ0n) is 7.86. The first kappa shape index (κ1) is 15.6. The third-order valence-corrected chi connectivity index (χ3v) is 1.42. The lowest BCUT2D eigenvalue weighted by Crippen LogP contribution is -2.36. The van der Waals surface area contributed by atoms with Crippen molar-refractivity contribution in [1.29, 1.82) is 0 Å². The van der Waals surface area contributed by atoms with E-state index in [-0.39, 0.29) is 12.4 Å². The smallest absolute Gasteiger partial charge is 0.340 e. The van der Waals surface area contributed by atoms with Crippen LogP contribution in [0.15, 0.2) is 0 Å². The number of hydrogen-bond donors (Lipinski definition) is 1. The van der Waals surface area contributed by atoms with Gasteiger partial charge in [0.2, 0.25) is 0 Å². The molecule has 0 saturated carbocycles. The van der Waals surface area contributed by atoms with Crippen LogP contribution in [-0.4, -0.2) is 38.4 Å². The molecule has 2 atom stereocenters. The summed E-state index contributed by atoms with van der Waals surface area (Å²) in [5.74, 6) is -1.80. The summed E-state index contributed by atoms with van der Waals surface area (Å²) in [7, 11) is 2.19. The minimum Gasteiger partial charge on any atom is -0.468 e. The van der Waals surface area contributed by atoms with E-state index in [0.717, 1.165) is 14.2 Å². The number of nitrogens with two attached hydrogens (primary N) is 1. The highest BCUT2D eigenvalue weighted by Gasteiger charge is 2.25. The van der Waals surface area contributed by atoms with Crippen molar-refractivity contribution >= 4 is 24.3 Å². The molecule has 0 aromatic heterocycles. The topological polar surface area (TPSA) is 78.6 Å². The number of carbonyl (C=O) groups is 2. The second-order valence-electron chi connectivity index (χ2n) is 2.36. The molecule has 5 nitrogen and oxygen atoms in total. The number of rotatable bonds is 4. The second kappa shape index (κ2) is 7.52. The highest BCUT2D eigenvalue weighted by Crippen LogP contribution is 2.04. The largest absolute Gasteiger partial charge is 0.468 e. The molecule has 0 aliphatic heterocycles. The van der Waals surface area contributed by atoms with Gasteiger partial charge in [0.1, 0.15) is 6.04 Å². The summed E-state index contributed by atoms with van der Waals surface area (Å²) in [4.78, 5) is 21.2. The van der Waals surface area contributed by atoms with Gasteiger partial charge in [0.15, 0.2) is 6.17 Å². The molecular weight excluding hydrogens is 217 g/mol. The van der Waals surface area contributed by atoms with Crippen LogP contribution in [0.2, 0.25) is 0 Å². The molecule has 0 aliphatic rings. The van der Waals surface area contributed by atoms with Crippen LogP contribution in [-0.2, 0) is 19.1 Å². The van der Waals surface area contributed by atoms with E-state index in [2.05, 4.69) is 9.47 Å². The van der Waals surface area contributed by atoms with Crippen LogP contribution in [0, 0.1) is 0 Å². The first-order chi connectivity index (χ1) is 6.02. The van der Waals surface area contributed by atoms with Crippen LogP contribution in [0.5, 0.6) is 0 Å². The summed E-state index contributed by atoms with van der Waals surface area (Å²) in [6, 6.07) is -1.14. The van der Waals surface area contributed by atoms with Crippen molar-refractivity contribution < 1.29 is 23.5 Å². The molecule has 0 aromatic carbocycles. The molecule has 0 rings (SSSR count). The van der Waals surface area contributed by atoms with Crippen LogP contribution in [0.25, 0.3) is 0 Å². The molecule has 0 fully saturated rings. The van der Waals surface area contributed by atoms with Crippen molar-refractivity contribution in [2.24, 2.45) is 5.73 Å². The van der Waals surface area contributed by atoms with E-state index in [1.165, 1.54) is 0 Å². The number of halogens is 2. The van der Waals surface area contributed by atoms with Crippen molar-refractivity contribution in [3.63, 3.8) is 0 Å². The average molecular weight is 230 g/mol. The second-order valence-corrected chi connectivity index (χ2v) is 2.36. The van der Waals surface area contributed by atoms with Crippen molar-refractivity contribution in [3.05, 3.63) is 0 Å². The van der Waals surface area contributed by atoms with Gasteiger partial charge in [0.05, 0.1) is 14.2 Å². The van der Waals surface area contributed by atoms with Gasteiger partial charge in [-0.1, -0.05) is 0 Å². The van der Waals surface area contributed by atoms with E-state index < -0.39 is 30.6 Å². The Bertz CT molecular complexity index is 182. The summed E-state index contributed by atoms with van der Waals surface area (Å²) in [5, 5.41) is 0. The first-order valence-electron chi connectivity index (χ1n) is 3.58. The molecule has 14 heavy (non-hydrogen) atoms. The van der Waals surface area contributed by atoms with Gasteiger partial charge in [-0.2, -0.15) is 0 Å². The van der Waals surface area contributed by atoms with E-state index >= 15 is 0 Å². The van der Waals surface area contributed by atoms with E-state index in [9.17, 15) is 14.0 Å². The number of esters is 2. The Morgan fingerprint density at radius 1 is 1.29 bits per heavy atom. The molecule has 0 aromatic rings. The predicted molar refractivity (Wildman–Crippen MR) is 48.8 cm³/mol. The number of ether oxygens (including phenoxy) is 2. The Kier molecular flexibility index (Phi) is 8.37. The summed E-state index contributed by atoms with van der Waals surface area (Å²) in [6.07, 6.45) is -2.32. The number of methoxy groups -OCH3 is 2. The predicted octanol–water partition coefficient (Wildman–Crippen LogP) is -0.190. The van der Waals surface area contributed by atoms with Crippen molar-refractivity contribution in [2.45, 2.75) is 18.6 Å². The van der Waals surface area contributed by atoms with Crippen LogP contribution in [0.1, 0.15) is 6.42 Å². The van der Waals surface area contributed by atoms with Crippen LogP contribution in [0.4, 0.5) is 4.39 Å². The molecule has 84 valence electrons. The normalized spacial score (nSPS) is 13.4. The van der Waals surface area contributed by atoms with Gasteiger partial charge >= 0.3 is 11.9 Å². The molecule has 7 heteroatoms. The van der Waals surface area contributed by atoms with Gasteiger partial charge in [0.25, 0.3) is 0 Å². The molecule has 0 unspecified atom stereocenters. The fourth-order valence-electron chi connectivity index (χ4n) is 0.695. The molecule has 0 saturated heterocycles. The average Bonchev–Trinajstić information content (AvgIpc) is 2.14. The van der Waals surface area contributed by atoms with Crippen LogP contribution in [0.3, 0.4) is 0 Å². The summed E-state index contributed by atoms with van der Waals surface area (Å²) < 4.78 is 21.1. The molecule has 0 bridgehead atoms. The number of hydrogen-bond acceptors (Lipinski definition) is 5. The fraction of sp³-hybridized carbons (Fsp3) is 0.714. The van der Waals surface area contributed by atoms with E-state index in [4.69, 9.17) is 5.73 Å². The van der Waals surface area contributed by atoms with E-state index in [1.807, 2.05) is 0 Å². The third-order valence-electron chi connectivity index (χ3n) is 1.42. The fourth-order valence-corrected chi connectivity index (χ4v) is 0.695. The Labute approximate surface area is 87.1 Å². The van der Waals surface area contributed by atoms with Gasteiger partial charge in [-0.15, -0.1) is 12.4 Å². The standard InChI is InChI=1S/C7H12FNO4.ClH/c1-12-6(10)4(8)3-5(9)7(11)13-2;/h4-5H,3,9H2,1-2H3;1H/t4-,5-;/m0./s1.